The second kappa shape index (κ2) is 3.69. The minimum Gasteiger partial charge on any atom is -0.166 e. The second-order valence-corrected chi connectivity index (χ2v) is 5.22. The molecule has 0 aromatic carbocycles. The van der Waals surface area contributed by atoms with Crippen molar-refractivity contribution < 1.29 is 13.2 Å². The van der Waals surface area contributed by atoms with Gasteiger partial charge in [0, 0.05) is 0 Å². The molecule has 0 aromatic rings. The van der Waals surface area contributed by atoms with E-state index >= 15 is 0 Å². The highest BCUT2D eigenvalue weighted by Crippen LogP contribution is 2.39. The lowest BCUT2D eigenvalue weighted by Crippen LogP contribution is -2.20. The van der Waals surface area contributed by atoms with Gasteiger partial charge in [-0.15, -0.1) is 0 Å². The molecule has 1 rings (SSSR count). The second-order valence-electron chi connectivity index (χ2n) is 5.22. The maximum Gasteiger partial charge on any atom is 0.416 e. The van der Waals surface area contributed by atoms with E-state index in [-0.39, 0.29) is 11.3 Å². The quantitative estimate of drug-likeness (QED) is 0.562. The van der Waals surface area contributed by atoms with Crippen LogP contribution < -0.4 is 0 Å². The van der Waals surface area contributed by atoms with Crippen molar-refractivity contribution in [2.75, 3.05) is 0 Å². The summed E-state index contributed by atoms with van der Waals surface area (Å²) in [6, 6.07) is 0. The third-order valence-electron chi connectivity index (χ3n) is 2.63. The Bertz CT molecular complexity index is 300. The van der Waals surface area contributed by atoms with Crippen LogP contribution in [0.4, 0.5) is 13.2 Å². The highest BCUT2D eigenvalue weighted by atomic mass is 19.4. The monoisotopic (exact) mass is 218 g/mol. The average molecular weight is 218 g/mol. The Morgan fingerprint density at radius 3 is 2.13 bits per heavy atom. The molecule has 86 valence electrons. The van der Waals surface area contributed by atoms with E-state index < -0.39 is 11.7 Å². The van der Waals surface area contributed by atoms with Crippen LogP contribution in [0.15, 0.2) is 23.3 Å². The average Bonchev–Trinajstić information content (AvgIpc) is 1.99. The van der Waals surface area contributed by atoms with Crippen LogP contribution in [0.2, 0.25) is 0 Å². The van der Waals surface area contributed by atoms with Gasteiger partial charge in [0.05, 0.1) is 5.57 Å². The molecule has 0 N–H and O–H groups in total. The first-order chi connectivity index (χ1) is 6.60. The number of halogens is 3. The van der Waals surface area contributed by atoms with E-state index in [0.717, 1.165) is 12.0 Å². The number of hydrogen-bond donors (Lipinski definition) is 0. The maximum atomic E-state index is 12.6. The van der Waals surface area contributed by atoms with Crippen LogP contribution in [-0.2, 0) is 0 Å². The first kappa shape index (κ1) is 12.3. The summed E-state index contributed by atoms with van der Waals surface area (Å²) in [7, 11) is 0. The smallest absolute Gasteiger partial charge is 0.166 e. The van der Waals surface area contributed by atoms with E-state index in [1.165, 1.54) is 12.2 Å². The minimum atomic E-state index is -4.22. The largest absolute Gasteiger partial charge is 0.416 e. The van der Waals surface area contributed by atoms with Crippen molar-refractivity contribution in [2.24, 2.45) is 11.3 Å². The Balaban J connectivity index is 3.06. The normalized spacial score (nSPS) is 23.5. The van der Waals surface area contributed by atoms with Gasteiger partial charge >= 0.3 is 6.18 Å². The highest BCUT2D eigenvalue weighted by Gasteiger charge is 2.35. The molecular formula is C12H17F3. The standard InChI is InChI=1S/C12H17F3/c1-8-5-9(11(2,3)4)7-10(6-8)12(13,14)15/h6-8H,5H2,1-4H3. The molecular weight excluding hydrogens is 201 g/mol. The fourth-order valence-electron chi connectivity index (χ4n) is 1.71. The summed E-state index contributed by atoms with van der Waals surface area (Å²) in [5, 5.41) is 0. The Hall–Kier alpha value is -0.730. The van der Waals surface area contributed by atoms with E-state index in [9.17, 15) is 13.2 Å². The van der Waals surface area contributed by atoms with E-state index in [2.05, 4.69) is 0 Å². The zero-order valence-electron chi connectivity index (χ0n) is 9.57. The van der Waals surface area contributed by atoms with Crippen molar-refractivity contribution in [3.8, 4) is 0 Å². The predicted molar refractivity (Wildman–Crippen MR) is 55.5 cm³/mol. The van der Waals surface area contributed by atoms with Crippen molar-refractivity contribution in [2.45, 2.75) is 40.3 Å². The minimum absolute atomic E-state index is 0.0270. The van der Waals surface area contributed by atoms with Crippen molar-refractivity contribution in [3.63, 3.8) is 0 Å². The molecule has 1 aliphatic carbocycles. The molecule has 0 spiro atoms. The third-order valence-corrected chi connectivity index (χ3v) is 2.63. The van der Waals surface area contributed by atoms with Gasteiger partial charge in [0.1, 0.15) is 0 Å². The van der Waals surface area contributed by atoms with Gasteiger partial charge in [0.25, 0.3) is 0 Å². The Morgan fingerprint density at radius 2 is 1.73 bits per heavy atom. The molecule has 0 nitrogen and oxygen atoms in total. The molecule has 1 atom stereocenters. The molecule has 0 heterocycles. The molecule has 0 aromatic heterocycles. The SMILES string of the molecule is CC1C=C(C(F)(F)F)C=C(C(C)(C)C)C1. The van der Waals surface area contributed by atoms with E-state index in [0.29, 0.717) is 0 Å². The van der Waals surface area contributed by atoms with Crippen molar-refractivity contribution in [1.29, 1.82) is 0 Å². The third kappa shape index (κ3) is 3.11. The molecule has 0 fully saturated rings. The van der Waals surface area contributed by atoms with Gasteiger partial charge in [0.2, 0.25) is 0 Å². The zero-order chi connectivity index (χ0) is 11.9. The first-order valence-corrected chi connectivity index (χ1v) is 5.11. The predicted octanol–water partition coefficient (Wildman–Crippen LogP) is 4.49. The van der Waals surface area contributed by atoms with Gasteiger partial charge in [-0.2, -0.15) is 13.2 Å². The van der Waals surface area contributed by atoms with Crippen LogP contribution in [0.5, 0.6) is 0 Å². The molecule has 0 amide bonds. The summed E-state index contributed by atoms with van der Waals surface area (Å²) in [4.78, 5) is 0. The molecule has 1 unspecified atom stereocenters. The summed E-state index contributed by atoms with van der Waals surface area (Å²) in [5.74, 6) is -0.0270. The van der Waals surface area contributed by atoms with Crippen LogP contribution in [0.3, 0.4) is 0 Å². The molecule has 15 heavy (non-hydrogen) atoms. The van der Waals surface area contributed by atoms with Crippen LogP contribution in [-0.4, -0.2) is 6.18 Å². The van der Waals surface area contributed by atoms with Crippen LogP contribution in [0, 0.1) is 11.3 Å². The number of hydrogen-bond acceptors (Lipinski definition) is 0. The Labute approximate surface area is 88.9 Å². The lowest BCUT2D eigenvalue weighted by molar-refractivity contribution is -0.0890. The van der Waals surface area contributed by atoms with Gasteiger partial charge in [-0.3, -0.25) is 0 Å². The van der Waals surface area contributed by atoms with Crippen LogP contribution in [0.25, 0.3) is 0 Å². The summed E-state index contributed by atoms with van der Waals surface area (Å²) < 4.78 is 37.7. The molecule has 1 aliphatic rings. The zero-order valence-corrected chi connectivity index (χ0v) is 9.57. The van der Waals surface area contributed by atoms with Gasteiger partial charge < -0.3 is 0 Å². The lowest BCUT2D eigenvalue weighted by Gasteiger charge is -2.29. The van der Waals surface area contributed by atoms with E-state index in [1.54, 1.807) is 0 Å². The van der Waals surface area contributed by atoms with Crippen molar-refractivity contribution in [3.05, 3.63) is 23.3 Å². The fourth-order valence-corrected chi connectivity index (χ4v) is 1.71. The maximum absolute atomic E-state index is 12.6. The molecule has 0 saturated heterocycles. The number of allylic oxidation sites excluding steroid dienone is 4. The topological polar surface area (TPSA) is 0 Å². The summed E-state index contributed by atoms with van der Waals surface area (Å²) in [5.41, 5.74) is 0.204. The molecule has 0 bridgehead atoms. The molecule has 3 heteroatoms. The van der Waals surface area contributed by atoms with E-state index in [1.807, 2.05) is 27.7 Å². The van der Waals surface area contributed by atoms with Crippen LogP contribution >= 0.6 is 0 Å². The summed E-state index contributed by atoms with van der Waals surface area (Å²) >= 11 is 0. The first-order valence-electron chi connectivity index (χ1n) is 5.11. The molecule has 0 aliphatic heterocycles. The Kier molecular flexibility index (Phi) is 3.04. The summed E-state index contributed by atoms with van der Waals surface area (Å²) in [6.07, 6.45) is -0.872. The number of alkyl halides is 3. The fraction of sp³-hybridized carbons (Fsp3) is 0.667. The lowest BCUT2D eigenvalue weighted by atomic mass is 9.77. The molecule has 0 radical (unpaired) electrons. The van der Waals surface area contributed by atoms with E-state index in [4.69, 9.17) is 0 Å². The molecule has 0 saturated carbocycles. The van der Waals surface area contributed by atoms with Crippen molar-refractivity contribution in [1.82, 2.24) is 0 Å². The highest BCUT2D eigenvalue weighted by molar-refractivity contribution is 5.34. The van der Waals surface area contributed by atoms with Crippen LogP contribution in [0.1, 0.15) is 34.1 Å². The van der Waals surface area contributed by atoms with Gasteiger partial charge in [0.15, 0.2) is 0 Å². The summed E-state index contributed by atoms with van der Waals surface area (Å²) in [6.45, 7) is 7.67. The van der Waals surface area contributed by atoms with Gasteiger partial charge in [-0.25, -0.2) is 0 Å². The number of rotatable bonds is 0. The Morgan fingerprint density at radius 1 is 1.20 bits per heavy atom. The van der Waals surface area contributed by atoms with Gasteiger partial charge in [-0.1, -0.05) is 45.4 Å². The van der Waals surface area contributed by atoms with Gasteiger partial charge in [-0.05, 0) is 17.8 Å². The van der Waals surface area contributed by atoms with Crippen molar-refractivity contribution >= 4 is 0 Å².